The van der Waals surface area contributed by atoms with Gasteiger partial charge in [-0.15, -0.1) is 0 Å². The normalized spacial score (nSPS) is 36.1. The first-order valence-corrected chi connectivity index (χ1v) is 8.32. The maximum Gasteiger partial charge on any atom is 0.0644 e. The van der Waals surface area contributed by atoms with Crippen LogP contribution in [0.5, 0.6) is 0 Å². The van der Waals surface area contributed by atoms with Crippen molar-refractivity contribution in [1.82, 2.24) is 10.2 Å². The van der Waals surface area contributed by atoms with E-state index in [0.717, 1.165) is 38.7 Å². The summed E-state index contributed by atoms with van der Waals surface area (Å²) in [6.45, 7) is 10.5. The SMILES string of the molecule is CCNCC1(CN2CCOCC2CO)CCC(C)CC1. The van der Waals surface area contributed by atoms with Crippen molar-refractivity contribution in [1.29, 1.82) is 0 Å². The van der Waals surface area contributed by atoms with Crippen molar-refractivity contribution in [2.75, 3.05) is 46.0 Å². The molecule has 0 aromatic heterocycles. The first-order chi connectivity index (χ1) is 9.69. The lowest BCUT2D eigenvalue weighted by Gasteiger charge is -2.46. The molecule has 0 radical (unpaired) electrons. The van der Waals surface area contributed by atoms with Gasteiger partial charge in [-0.3, -0.25) is 4.90 Å². The average molecular weight is 284 g/mol. The quantitative estimate of drug-likeness (QED) is 0.775. The molecule has 0 amide bonds. The van der Waals surface area contributed by atoms with Crippen LogP contribution in [0.2, 0.25) is 0 Å². The van der Waals surface area contributed by atoms with E-state index in [9.17, 15) is 5.11 Å². The van der Waals surface area contributed by atoms with Crippen LogP contribution >= 0.6 is 0 Å². The molecule has 1 atom stereocenters. The standard InChI is InChI=1S/C16H32N2O2/c1-3-17-12-16(6-4-14(2)5-7-16)13-18-8-9-20-11-15(18)10-19/h14-15,17,19H,3-13H2,1-2H3. The number of morpholine rings is 1. The van der Waals surface area contributed by atoms with Gasteiger partial charge in [0, 0.05) is 19.6 Å². The molecule has 1 heterocycles. The third kappa shape index (κ3) is 4.17. The van der Waals surface area contributed by atoms with Gasteiger partial charge >= 0.3 is 0 Å². The molecule has 0 spiro atoms. The molecule has 0 aromatic rings. The number of aliphatic hydroxyl groups excluding tert-OH is 1. The first-order valence-electron chi connectivity index (χ1n) is 8.32. The molecule has 1 saturated carbocycles. The van der Waals surface area contributed by atoms with Crippen molar-refractivity contribution in [2.45, 2.75) is 45.6 Å². The third-order valence-corrected chi connectivity index (χ3v) is 5.18. The summed E-state index contributed by atoms with van der Waals surface area (Å²) in [5.74, 6) is 0.878. The Morgan fingerprint density at radius 3 is 2.75 bits per heavy atom. The minimum absolute atomic E-state index is 0.196. The second kappa shape index (κ2) is 7.74. The number of ether oxygens (including phenoxy) is 1. The number of nitrogens with zero attached hydrogens (tertiary/aromatic N) is 1. The zero-order valence-corrected chi connectivity index (χ0v) is 13.2. The minimum atomic E-state index is 0.196. The van der Waals surface area contributed by atoms with Crippen LogP contribution in [0, 0.1) is 11.3 Å². The number of rotatable bonds is 6. The molecule has 2 rings (SSSR count). The van der Waals surface area contributed by atoms with E-state index in [-0.39, 0.29) is 12.6 Å². The Bertz CT molecular complexity index is 272. The topological polar surface area (TPSA) is 44.7 Å². The van der Waals surface area contributed by atoms with E-state index in [1.807, 2.05) is 0 Å². The van der Waals surface area contributed by atoms with Crippen molar-refractivity contribution >= 4 is 0 Å². The number of nitrogens with one attached hydrogen (secondary N) is 1. The molecular weight excluding hydrogens is 252 g/mol. The molecule has 1 unspecified atom stereocenters. The van der Waals surface area contributed by atoms with Crippen LogP contribution in [-0.2, 0) is 4.74 Å². The molecule has 1 saturated heterocycles. The zero-order chi connectivity index (χ0) is 14.4. The fourth-order valence-electron chi connectivity index (χ4n) is 3.65. The molecule has 2 fully saturated rings. The summed E-state index contributed by atoms with van der Waals surface area (Å²) < 4.78 is 5.51. The number of hydrogen-bond acceptors (Lipinski definition) is 4. The van der Waals surface area contributed by atoms with Crippen molar-refractivity contribution in [3.8, 4) is 0 Å². The molecule has 1 aliphatic carbocycles. The molecule has 4 nitrogen and oxygen atoms in total. The second-order valence-corrected chi connectivity index (χ2v) is 6.84. The van der Waals surface area contributed by atoms with E-state index in [1.54, 1.807) is 0 Å². The Kier molecular flexibility index (Phi) is 6.27. The van der Waals surface area contributed by atoms with Gasteiger partial charge in [-0.25, -0.2) is 0 Å². The summed E-state index contributed by atoms with van der Waals surface area (Å²) in [5, 5.41) is 13.1. The van der Waals surface area contributed by atoms with Gasteiger partial charge in [0.2, 0.25) is 0 Å². The van der Waals surface area contributed by atoms with Gasteiger partial charge in [-0.2, -0.15) is 0 Å². The Balaban J connectivity index is 1.98. The summed E-state index contributed by atoms with van der Waals surface area (Å²) in [4.78, 5) is 2.47. The molecule has 2 N–H and O–H groups in total. The van der Waals surface area contributed by atoms with E-state index in [4.69, 9.17) is 4.74 Å². The van der Waals surface area contributed by atoms with Crippen LogP contribution in [-0.4, -0.2) is 62.0 Å². The summed E-state index contributed by atoms with van der Waals surface area (Å²) >= 11 is 0. The van der Waals surface area contributed by atoms with Crippen molar-refractivity contribution in [3.05, 3.63) is 0 Å². The number of aliphatic hydroxyl groups is 1. The van der Waals surface area contributed by atoms with E-state index < -0.39 is 0 Å². The second-order valence-electron chi connectivity index (χ2n) is 6.84. The Hall–Kier alpha value is -0.160. The van der Waals surface area contributed by atoms with Gasteiger partial charge in [0.1, 0.15) is 0 Å². The summed E-state index contributed by atoms with van der Waals surface area (Å²) in [5.41, 5.74) is 0.396. The minimum Gasteiger partial charge on any atom is -0.395 e. The third-order valence-electron chi connectivity index (χ3n) is 5.18. The lowest BCUT2D eigenvalue weighted by Crippen LogP contribution is -2.54. The lowest BCUT2D eigenvalue weighted by molar-refractivity contribution is -0.0512. The van der Waals surface area contributed by atoms with Crippen LogP contribution in [0.15, 0.2) is 0 Å². The molecule has 2 aliphatic rings. The lowest BCUT2D eigenvalue weighted by atomic mass is 9.70. The van der Waals surface area contributed by atoms with Gasteiger partial charge in [-0.1, -0.05) is 26.7 Å². The zero-order valence-electron chi connectivity index (χ0n) is 13.2. The molecule has 0 aromatic carbocycles. The summed E-state index contributed by atoms with van der Waals surface area (Å²) in [6, 6.07) is 0.196. The van der Waals surface area contributed by atoms with Gasteiger partial charge in [-0.05, 0) is 30.7 Å². The fourth-order valence-corrected chi connectivity index (χ4v) is 3.65. The smallest absolute Gasteiger partial charge is 0.0644 e. The van der Waals surface area contributed by atoms with Gasteiger partial charge in [0.25, 0.3) is 0 Å². The van der Waals surface area contributed by atoms with Crippen molar-refractivity contribution in [3.63, 3.8) is 0 Å². The monoisotopic (exact) mass is 284 g/mol. The van der Waals surface area contributed by atoms with Crippen LogP contribution in [0.25, 0.3) is 0 Å². The van der Waals surface area contributed by atoms with Crippen molar-refractivity contribution < 1.29 is 9.84 Å². The predicted molar refractivity (Wildman–Crippen MR) is 81.9 cm³/mol. The van der Waals surface area contributed by atoms with E-state index >= 15 is 0 Å². The Morgan fingerprint density at radius 2 is 2.10 bits per heavy atom. The van der Waals surface area contributed by atoms with E-state index in [2.05, 4.69) is 24.1 Å². The summed E-state index contributed by atoms with van der Waals surface area (Å²) in [6.07, 6.45) is 5.33. The van der Waals surface area contributed by atoms with Crippen LogP contribution in [0.1, 0.15) is 39.5 Å². The first kappa shape index (κ1) is 16.2. The molecule has 4 heteroatoms. The predicted octanol–water partition coefficient (Wildman–Crippen LogP) is 1.49. The highest BCUT2D eigenvalue weighted by atomic mass is 16.5. The van der Waals surface area contributed by atoms with Gasteiger partial charge < -0.3 is 15.2 Å². The van der Waals surface area contributed by atoms with Crippen LogP contribution in [0.4, 0.5) is 0 Å². The average Bonchev–Trinajstić information content (AvgIpc) is 2.49. The molecular formula is C16H32N2O2. The molecule has 118 valence electrons. The largest absolute Gasteiger partial charge is 0.395 e. The molecule has 20 heavy (non-hydrogen) atoms. The fraction of sp³-hybridized carbons (Fsp3) is 1.00. The molecule has 0 bridgehead atoms. The Labute approximate surface area is 123 Å². The van der Waals surface area contributed by atoms with Crippen molar-refractivity contribution in [2.24, 2.45) is 11.3 Å². The van der Waals surface area contributed by atoms with Gasteiger partial charge in [0.05, 0.1) is 25.9 Å². The molecule has 1 aliphatic heterocycles. The highest BCUT2D eigenvalue weighted by molar-refractivity contribution is 4.91. The maximum atomic E-state index is 9.56. The highest BCUT2D eigenvalue weighted by Crippen LogP contribution is 2.39. The number of hydrogen-bond donors (Lipinski definition) is 2. The summed E-state index contributed by atoms with van der Waals surface area (Å²) in [7, 11) is 0. The maximum absolute atomic E-state index is 9.56. The van der Waals surface area contributed by atoms with Crippen LogP contribution in [0.3, 0.4) is 0 Å². The highest BCUT2D eigenvalue weighted by Gasteiger charge is 2.37. The van der Waals surface area contributed by atoms with Gasteiger partial charge in [0.15, 0.2) is 0 Å². The Morgan fingerprint density at radius 1 is 1.35 bits per heavy atom. The van der Waals surface area contributed by atoms with E-state index in [0.29, 0.717) is 12.0 Å². The van der Waals surface area contributed by atoms with E-state index in [1.165, 1.54) is 25.7 Å². The van der Waals surface area contributed by atoms with Crippen LogP contribution < -0.4 is 5.32 Å².